The molecule has 0 bridgehead atoms. The number of carbonyl (C=O) groups excluding carboxylic acids is 1. The first-order chi connectivity index (χ1) is 15.2. The van der Waals surface area contributed by atoms with Crippen molar-refractivity contribution in [3.63, 3.8) is 0 Å². The Morgan fingerprint density at radius 2 is 1.81 bits per heavy atom. The van der Waals surface area contributed by atoms with Crippen molar-refractivity contribution in [3.8, 4) is 16.9 Å². The summed E-state index contributed by atoms with van der Waals surface area (Å²) in [5.41, 5.74) is 0.596. The number of hydrogen-bond acceptors (Lipinski definition) is 2. The van der Waals surface area contributed by atoms with Crippen LogP contribution in [0.2, 0.25) is 5.02 Å². The standard InChI is InChI=1S/C24H23ClF3N3O/c1-15(2)19-8-5-13-30(19)23(32)17-11-9-16(10-12-17)21-14-22(24(26,27)28)29-31(21)20-7-4-3-6-18(20)25/h3-4,6-7,9-12,14-15,19H,5,8,13H2,1-2H3. The Morgan fingerprint density at radius 1 is 1.12 bits per heavy atom. The van der Waals surface area contributed by atoms with Crippen LogP contribution in [-0.2, 0) is 6.18 Å². The fourth-order valence-electron chi connectivity index (χ4n) is 4.22. The van der Waals surface area contributed by atoms with Crippen LogP contribution in [0, 0.1) is 5.92 Å². The van der Waals surface area contributed by atoms with Gasteiger partial charge in [-0.05, 0) is 49.1 Å². The third kappa shape index (κ3) is 4.26. The molecule has 1 fully saturated rings. The Hall–Kier alpha value is -2.80. The molecule has 0 N–H and O–H groups in total. The van der Waals surface area contributed by atoms with Crippen LogP contribution in [0.3, 0.4) is 0 Å². The van der Waals surface area contributed by atoms with Gasteiger partial charge in [0, 0.05) is 23.7 Å². The molecule has 4 nitrogen and oxygen atoms in total. The molecule has 0 aliphatic carbocycles. The summed E-state index contributed by atoms with van der Waals surface area (Å²) < 4.78 is 41.4. The van der Waals surface area contributed by atoms with E-state index in [-0.39, 0.29) is 22.7 Å². The van der Waals surface area contributed by atoms with Gasteiger partial charge in [-0.1, -0.05) is 49.7 Å². The number of hydrogen-bond donors (Lipinski definition) is 0. The van der Waals surface area contributed by atoms with E-state index in [0.717, 1.165) is 25.5 Å². The number of halogens is 4. The fraction of sp³-hybridized carbons (Fsp3) is 0.333. The molecule has 2 aromatic carbocycles. The van der Waals surface area contributed by atoms with Crippen LogP contribution in [0.1, 0.15) is 42.7 Å². The van der Waals surface area contributed by atoms with Gasteiger partial charge >= 0.3 is 6.18 Å². The molecule has 4 rings (SSSR count). The first-order valence-corrected chi connectivity index (χ1v) is 10.9. The molecule has 1 aliphatic rings. The lowest BCUT2D eigenvalue weighted by Crippen LogP contribution is -2.38. The van der Waals surface area contributed by atoms with Crippen molar-refractivity contribution in [3.05, 3.63) is 70.9 Å². The second-order valence-corrected chi connectivity index (χ2v) is 8.71. The van der Waals surface area contributed by atoms with E-state index >= 15 is 0 Å². The maximum atomic E-state index is 13.4. The Bertz CT molecular complexity index is 1120. The van der Waals surface area contributed by atoms with Crippen molar-refractivity contribution >= 4 is 17.5 Å². The number of aromatic nitrogens is 2. The first-order valence-electron chi connectivity index (χ1n) is 10.5. The van der Waals surface area contributed by atoms with E-state index in [0.29, 0.717) is 22.7 Å². The summed E-state index contributed by atoms with van der Waals surface area (Å²) in [7, 11) is 0. The molecular formula is C24H23ClF3N3O. The highest BCUT2D eigenvalue weighted by Crippen LogP contribution is 2.35. The van der Waals surface area contributed by atoms with E-state index in [4.69, 9.17) is 11.6 Å². The molecule has 32 heavy (non-hydrogen) atoms. The van der Waals surface area contributed by atoms with Gasteiger partial charge in [-0.15, -0.1) is 0 Å². The molecule has 2 heterocycles. The zero-order valence-corrected chi connectivity index (χ0v) is 18.5. The third-order valence-electron chi connectivity index (χ3n) is 5.84. The van der Waals surface area contributed by atoms with Gasteiger partial charge in [0.1, 0.15) is 0 Å². The average molecular weight is 462 g/mol. The van der Waals surface area contributed by atoms with E-state index in [1.54, 1.807) is 48.5 Å². The Morgan fingerprint density at radius 3 is 2.44 bits per heavy atom. The van der Waals surface area contributed by atoms with E-state index < -0.39 is 11.9 Å². The normalized spacial score (nSPS) is 16.7. The topological polar surface area (TPSA) is 38.1 Å². The lowest BCUT2D eigenvalue weighted by molar-refractivity contribution is -0.141. The number of amides is 1. The molecular weight excluding hydrogens is 439 g/mol. The van der Waals surface area contributed by atoms with Gasteiger partial charge < -0.3 is 4.90 Å². The predicted molar refractivity (Wildman–Crippen MR) is 118 cm³/mol. The highest BCUT2D eigenvalue weighted by molar-refractivity contribution is 6.32. The molecule has 3 aromatic rings. The van der Waals surface area contributed by atoms with Gasteiger partial charge in [-0.3, -0.25) is 4.79 Å². The molecule has 0 radical (unpaired) electrons. The van der Waals surface area contributed by atoms with E-state index in [1.807, 2.05) is 4.90 Å². The second kappa shape index (κ2) is 8.62. The van der Waals surface area contributed by atoms with Crippen molar-refractivity contribution in [2.45, 2.75) is 38.9 Å². The molecule has 168 valence electrons. The minimum Gasteiger partial charge on any atom is -0.335 e. The number of rotatable bonds is 4. The highest BCUT2D eigenvalue weighted by Gasteiger charge is 2.36. The Kier molecular flexibility index (Phi) is 6.03. The van der Waals surface area contributed by atoms with E-state index in [9.17, 15) is 18.0 Å². The van der Waals surface area contributed by atoms with E-state index in [1.165, 1.54) is 4.68 Å². The second-order valence-electron chi connectivity index (χ2n) is 8.31. The predicted octanol–water partition coefficient (Wildman–Crippen LogP) is 6.47. The van der Waals surface area contributed by atoms with Crippen LogP contribution in [0.4, 0.5) is 13.2 Å². The molecule has 1 saturated heterocycles. The summed E-state index contributed by atoms with van der Waals surface area (Å²) in [5.74, 6) is 0.315. The van der Waals surface area contributed by atoms with Gasteiger partial charge in [0.15, 0.2) is 5.69 Å². The highest BCUT2D eigenvalue weighted by atomic mass is 35.5. The Balaban J connectivity index is 1.71. The first kappa shape index (κ1) is 22.4. The lowest BCUT2D eigenvalue weighted by Gasteiger charge is -2.27. The monoisotopic (exact) mass is 461 g/mol. The van der Waals surface area contributed by atoms with Crippen molar-refractivity contribution in [1.82, 2.24) is 14.7 Å². The number of alkyl halides is 3. The maximum Gasteiger partial charge on any atom is 0.435 e. The molecule has 0 spiro atoms. The quantitative estimate of drug-likeness (QED) is 0.446. The van der Waals surface area contributed by atoms with Crippen molar-refractivity contribution in [2.24, 2.45) is 5.92 Å². The molecule has 8 heteroatoms. The molecule has 0 saturated carbocycles. The SMILES string of the molecule is CC(C)C1CCCN1C(=O)c1ccc(-c2cc(C(F)(F)F)nn2-c2ccccc2Cl)cc1. The minimum atomic E-state index is -4.60. The number of carbonyl (C=O) groups is 1. The summed E-state index contributed by atoms with van der Waals surface area (Å²) >= 11 is 6.23. The van der Waals surface area contributed by atoms with Crippen molar-refractivity contribution < 1.29 is 18.0 Å². The number of benzene rings is 2. The summed E-state index contributed by atoms with van der Waals surface area (Å²) in [4.78, 5) is 14.9. The van der Waals surface area contributed by atoms with Gasteiger partial charge in [0.05, 0.1) is 16.4 Å². The molecule has 1 aliphatic heterocycles. The summed E-state index contributed by atoms with van der Waals surface area (Å²) in [6.45, 7) is 4.93. The molecule has 1 amide bonds. The minimum absolute atomic E-state index is 0.0525. The van der Waals surface area contributed by atoms with Crippen molar-refractivity contribution in [1.29, 1.82) is 0 Å². The van der Waals surface area contributed by atoms with Crippen LogP contribution in [0.5, 0.6) is 0 Å². The lowest BCUT2D eigenvalue weighted by atomic mass is 10.0. The van der Waals surface area contributed by atoms with Crippen LogP contribution in [0.25, 0.3) is 16.9 Å². The summed E-state index contributed by atoms with van der Waals surface area (Å²) in [5, 5.41) is 4.05. The average Bonchev–Trinajstić information content (AvgIpc) is 3.41. The third-order valence-corrected chi connectivity index (χ3v) is 6.16. The summed E-state index contributed by atoms with van der Waals surface area (Å²) in [6.07, 6.45) is -2.64. The van der Waals surface area contributed by atoms with Crippen LogP contribution in [0.15, 0.2) is 54.6 Å². The van der Waals surface area contributed by atoms with Gasteiger partial charge in [0.2, 0.25) is 0 Å². The zero-order chi connectivity index (χ0) is 23.0. The van der Waals surface area contributed by atoms with Crippen LogP contribution < -0.4 is 0 Å². The number of para-hydroxylation sites is 1. The smallest absolute Gasteiger partial charge is 0.335 e. The van der Waals surface area contributed by atoms with Gasteiger partial charge in [0.25, 0.3) is 5.91 Å². The van der Waals surface area contributed by atoms with E-state index in [2.05, 4.69) is 18.9 Å². The maximum absolute atomic E-state index is 13.4. The fourth-order valence-corrected chi connectivity index (χ4v) is 4.44. The van der Waals surface area contributed by atoms with Crippen molar-refractivity contribution in [2.75, 3.05) is 6.54 Å². The van der Waals surface area contributed by atoms with Gasteiger partial charge in [-0.25, -0.2) is 4.68 Å². The Labute approximate surface area is 189 Å². The van der Waals surface area contributed by atoms with Crippen LogP contribution >= 0.6 is 11.6 Å². The number of likely N-dealkylation sites (tertiary alicyclic amines) is 1. The van der Waals surface area contributed by atoms with Crippen LogP contribution in [-0.4, -0.2) is 33.2 Å². The zero-order valence-electron chi connectivity index (χ0n) is 17.7. The largest absolute Gasteiger partial charge is 0.435 e. The molecule has 1 atom stereocenters. The molecule has 1 unspecified atom stereocenters. The molecule has 1 aromatic heterocycles. The summed E-state index contributed by atoms with van der Waals surface area (Å²) in [6, 6.07) is 14.4. The number of nitrogens with zero attached hydrogens (tertiary/aromatic N) is 3. The van der Waals surface area contributed by atoms with Gasteiger partial charge in [-0.2, -0.15) is 18.3 Å².